The van der Waals surface area contributed by atoms with Crippen LogP contribution in [-0.4, -0.2) is 80.2 Å². The molecule has 0 aromatic carbocycles. The largest absolute Gasteiger partial charge is 0.462 e. The molecule has 0 radical (unpaired) electrons. The number of aliphatic hydroxyl groups is 5. The third-order valence-electron chi connectivity index (χ3n) is 9.48. The highest BCUT2D eigenvalue weighted by Gasteiger charge is 2.26. The lowest BCUT2D eigenvalue weighted by molar-refractivity contribution is -0.152. The zero-order valence-electron chi connectivity index (χ0n) is 34.0. The maximum Gasteiger partial charge on any atom is 0.331 e. The third-order valence-corrected chi connectivity index (χ3v) is 9.48. The van der Waals surface area contributed by atoms with Crippen LogP contribution < -0.4 is 0 Å². The Hall–Kier alpha value is -3.08. The molecule has 0 bridgehead atoms. The Bertz CT molecular complexity index is 1350. The van der Waals surface area contributed by atoms with Crippen molar-refractivity contribution in [1.29, 1.82) is 0 Å². The molecule has 300 valence electrons. The lowest BCUT2D eigenvalue weighted by Crippen LogP contribution is -2.28. The van der Waals surface area contributed by atoms with Gasteiger partial charge in [-0.2, -0.15) is 0 Å². The van der Waals surface area contributed by atoms with Crippen LogP contribution in [-0.2, 0) is 19.1 Å². The molecule has 10 atom stereocenters. The van der Waals surface area contributed by atoms with E-state index >= 15 is 0 Å². The molecule has 1 aliphatic heterocycles. The quantitative estimate of drug-likeness (QED) is 0.0440. The lowest BCUT2D eigenvalue weighted by atomic mass is 9.89. The van der Waals surface area contributed by atoms with Gasteiger partial charge in [0.25, 0.3) is 0 Å². The number of cyclic esters (lactones) is 1. The summed E-state index contributed by atoms with van der Waals surface area (Å²) < 4.78 is 11.9. The molecule has 0 spiro atoms. The molecule has 9 nitrogen and oxygen atoms in total. The van der Waals surface area contributed by atoms with E-state index in [2.05, 4.69) is 26.8 Å². The van der Waals surface area contributed by atoms with Crippen molar-refractivity contribution in [2.75, 3.05) is 0 Å². The first-order valence-electron chi connectivity index (χ1n) is 19.3. The maximum absolute atomic E-state index is 12.9. The van der Waals surface area contributed by atoms with Crippen molar-refractivity contribution in [3.8, 4) is 0 Å². The molecule has 1 aliphatic rings. The fourth-order valence-electron chi connectivity index (χ4n) is 6.52. The Morgan fingerprint density at radius 2 is 1.55 bits per heavy atom. The average Bonchev–Trinajstić information content (AvgIpc) is 3.03. The molecular formula is C44H70O9. The van der Waals surface area contributed by atoms with Crippen LogP contribution in [0.15, 0.2) is 82.5 Å². The highest BCUT2D eigenvalue weighted by atomic mass is 16.5. The number of hydrogen-bond donors (Lipinski definition) is 5. The van der Waals surface area contributed by atoms with E-state index in [4.69, 9.17) is 9.47 Å². The van der Waals surface area contributed by atoms with Crippen molar-refractivity contribution in [3.05, 3.63) is 82.5 Å². The van der Waals surface area contributed by atoms with Crippen molar-refractivity contribution in [1.82, 2.24) is 0 Å². The molecule has 9 heteroatoms. The summed E-state index contributed by atoms with van der Waals surface area (Å²) in [6.45, 7) is 19.1. The molecule has 0 aliphatic carbocycles. The van der Waals surface area contributed by atoms with Crippen LogP contribution >= 0.6 is 0 Å². The van der Waals surface area contributed by atoms with E-state index in [0.29, 0.717) is 25.7 Å². The monoisotopic (exact) mass is 743 g/mol. The SMILES string of the molecule is CC(C=CC(=O)OC1CCCC(=O)OC(C(C)CC(C)=CC(C)C(O)CC(C)O)CC=C(C)CC1C)=C/C(C)=C/C=C/C(C)=C/C(O)C(O)CC(C)O. The molecule has 1 rings (SSSR count). The summed E-state index contributed by atoms with van der Waals surface area (Å²) in [5.74, 6) is -0.659. The molecule has 53 heavy (non-hydrogen) atoms. The minimum absolute atomic E-state index is 0.0587. The van der Waals surface area contributed by atoms with Crippen LogP contribution in [0, 0.1) is 17.8 Å². The third kappa shape index (κ3) is 21.4. The Labute approximate surface area is 319 Å². The van der Waals surface area contributed by atoms with Gasteiger partial charge >= 0.3 is 11.9 Å². The van der Waals surface area contributed by atoms with Gasteiger partial charge in [-0.25, -0.2) is 4.79 Å². The van der Waals surface area contributed by atoms with Crippen LogP contribution in [0.3, 0.4) is 0 Å². The molecule has 0 fully saturated rings. The van der Waals surface area contributed by atoms with Crippen LogP contribution in [0.2, 0.25) is 0 Å². The Morgan fingerprint density at radius 1 is 0.906 bits per heavy atom. The topological polar surface area (TPSA) is 154 Å². The minimum Gasteiger partial charge on any atom is -0.462 e. The van der Waals surface area contributed by atoms with Gasteiger partial charge in [0.2, 0.25) is 0 Å². The summed E-state index contributed by atoms with van der Waals surface area (Å²) in [7, 11) is 0. The fraction of sp³-hybridized carbons (Fsp3) is 0.636. The Balaban J connectivity index is 2.86. The lowest BCUT2D eigenvalue weighted by Gasteiger charge is -2.27. The Kier molecular flexibility index (Phi) is 22.7. The van der Waals surface area contributed by atoms with Gasteiger partial charge in [-0.05, 0) is 92.4 Å². The highest BCUT2D eigenvalue weighted by Crippen LogP contribution is 2.27. The first-order chi connectivity index (χ1) is 24.8. The van der Waals surface area contributed by atoms with Gasteiger partial charge in [-0.1, -0.05) is 97.2 Å². The Morgan fingerprint density at radius 3 is 2.19 bits per heavy atom. The molecule has 0 aromatic heterocycles. The molecule has 1 heterocycles. The van der Waals surface area contributed by atoms with Crippen molar-refractivity contribution >= 4 is 11.9 Å². The molecular weight excluding hydrogens is 672 g/mol. The van der Waals surface area contributed by atoms with Crippen molar-refractivity contribution in [2.45, 2.75) is 163 Å². The van der Waals surface area contributed by atoms with E-state index in [9.17, 15) is 35.1 Å². The molecule has 0 saturated carbocycles. The normalized spacial score (nSPS) is 24.7. The second-order valence-corrected chi connectivity index (χ2v) is 15.6. The van der Waals surface area contributed by atoms with E-state index in [1.807, 2.05) is 65.0 Å². The predicted molar refractivity (Wildman–Crippen MR) is 213 cm³/mol. The first-order valence-corrected chi connectivity index (χ1v) is 19.3. The number of rotatable bonds is 17. The number of carbonyl (C=O) groups excluding carboxylic acids is 2. The van der Waals surface area contributed by atoms with Crippen LogP contribution in [0.25, 0.3) is 0 Å². The summed E-state index contributed by atoms with van der Waals surface area (Å²) in [5.41, 5.74) is 4.84. The molecule has 5 N–H and O–H groups in total. The summed E-state index contributed by atoms with van der Waals surface area (Å²) in [4.78, 5) is 25.9. The van der Waals surface area contributed by atoms with Crippen LogP contribution in [0.4, 0.5) is 0 Å². The number of hydrogen-bond acceptors (Lipinski definition) is 9. The standard InChI is InChI=1S/C44H70O9/c1-28(13-11-14-29(2)25-39(48)40(49)27-37(10)46)21-30(3)18-20-44(51)52-41-15-12-16-43(50)53-42(19-17-31(4)22-34(41)7)35(8)24-32(5)23-33(6)38(47)26-36(9)45/h11,13-14,17-18,20-21,23,25,33-42,45-49H,12,15-16,19,22,24,26-27H2,1-10H3/b14-11+,20-18?,28-13+,29-25+,30-21?,31-17?,32-23?. The van der Waals surface area contributed by atoms with E-state index in [-0.39, 0.29) is 48.8 Å². The fourth-order valence-corrected chi connectivity index (χ4v) is 6.52. The van der Waals surface area contributed by atoms with E-state index in [1.165, 1.54) is 6.08 Å². The van der Waals surface area contributed by atoms with Crippen LogP contribution in [0.5, 0.6) is 0 Å². The van der Waals surface area contributed by atoms with Gasteiger partial charge in [-0.15, -0.1) is 0 Å². The van der Waals surface area contributed by atoms with Crippen molar-refractivity contribution in [3.63, 3.8) is 0 Å². The number of esters is 2. The first kappa shape index (κ1) is 47.9. The molecule has 0 saturated heterocycles. The zero-order valence-corrected chi connectivity index (χ0v) is 34.0. The van der Waals surface area contributed by atoms with E-state index in [1.54, 1.807) is 26.0 Å². The van der Waals surface area contributed by atoms with Gasteiger partial charge < -0.3 is 35.0 Å². The zero-order chi connectivity index (χ0) is 40.2. The second kappa shape index (κ2) is 25.1. The maximum atomic E-state index is 12.9. The van der Waals surface area contributed by atoms with Gasteiger partial charge in [0.15, 0.2) is 0 Å². The molecule has 10 unspecified atom stereocenters. The van der Waals surface area contributed by atoms with E-state index in [0.717, 1.165) is 40.7 Å². The number of ether oxygens (including phenoxy) is 2. The number of aliphatic hydroxyl groups excluding tert-OH is 5. The molecule has 0 amide bonds. The van der Waals surface area contributed by atoms with Crippen LogP contribution in [0.1, 0.15) is 121 Å². The molecule has 0 aromatic rings. The summed E-state index contributed by atoms with van der Waals surface area (Å²) in [6.07, 6.45) is 15.5. The number of allylic oxidation sites excluding steroid dienone is 10. The second-order valence-electron chi connectivity index (χ2n) is 15.6. The minimum atomic E-state index is -1.07. The summed E-state index contributed by atoms with van der Waals surface area (Å²) >= 11 is 0. The summed E-state index contributed by atoms with van der Waals surface area (Å²) in [5, 5.41) is 49.4. The number of carbonyl (C=O) groups is 2. The van der Waals surface area contributed by atoms with Gasteiger partial charge in [0.05, 0.1) is 30.5 Å². The van der Waals surface area contributed by atoms with Crippen molar-refractivity contribution < 1.29 is 44.6 Å². The van der Waals surface area contributed by atoms with Gasteiger partial charge in [0.1, 0.15) is 12.2 Å². The van der Waals surface area contributed by atoms with E-state index < -0.39 is 36.5 Å². The smallest absolute Gasteiger partial charge is 0.331 e. The average molecular weight is 743 g/mol. The highest BCUT2D eigenvalue weighted by molar-refractivity contribution is 5.82. The predicted octanol–water partition coefficient (Wildman–Crippen LogP) is 7.54. The van der Waals surface area contributed by atoms with Gasteiger partial charge in [-0.3, -0.25) is 4.79 Å². The van der Waals surface area contributed by atoms with Crippen molar-refractivity contribution in [2.24, 2.45) is 17.8 Å². The summed E-state index contributed by atoms with van der Waals surface area (Å²) in [6, 6.07) is 0. The van der Waals surface area contributed by atoms with Gasteiger partial charge in [0, 0.05) is 31.3 Å².